The Morgan fingerprint density at radius 3 is 2.90 bits per heavy atom. The number of fused-ring (bicyclic) bond motifs is 1. The third-order valence-corrected chi connectivity index (χ3v) is 4.21. The van der Waals surface area contributed by atoms with Crippen LogP contribution in [0.25, 0.3) is 11.1 Å². The Hall–Kier alpha value is -1.59. The predicted molar refractivity (Wildman–Crippen MR) is 80.4 cm³/mol. The quantitative estimate of drug-likeness (QED) is 0.848. The number of nitrogen functional groups attached to an aromatic ring is 1. The Bertz CT molecular complexity index is 619. The molecule has 2 heterocycles. The average molecular weight is 274 g/mol. The molecule has 5 nitrogen and oxygen atoms in total. The van der Waals surface area contributed by atoms with E-state index in [1.54, 1.807) is 0 Å². The van der Waals surface area contributed by atoms with Crippen molar-refractivity contribution in [2.24, 2.45) is 0 Å². The fourth-order valence-corrected chi connectivity index (χ4v) is 2.73. The molecule has 1 aromatic heterocycles. The molecule has 0 radical (unpaired) electrons. The van der Waals surface area contributed by atoms with Crippen molar-refractivity contribution in [2.75, 3.05) is 32.4 Å². The summed E-state index contributed by atoms with van der Waals surface area (Å²) in [7, 11) is 2.18. The van der Waals surface area contributed by atoms with Crippen molar-refractivity contribution < 1.29 is 4.42 Å². The van der Waals surface area contributed by atoms with Gasteiger partial charge in [-0.05, 0) is 39.1 Å². The molecule has 0 bridgehead atoms. The second kappa shape index (κ2) is 4.75. The minimum absolute atomic E-state index is 0.189. The van der Waals surface area contributed by atoms with Gasteiger partial charge in [0.15, 0.2) is 5.58 Å². The first-order chi connectivity index (χ1) is 9.44. The summed E-state index contributed by atoms with van der Waals surface area (Å²) < 4.78 is 5.80. The second-order valence-corrected chi connectivity index (χ2v) is 6.28. The molecule has 0 spiro atoms. The Morgan fingerprint density at radius 1 is 1.35 bits per heavy atom. The van der Waals surface area contributed by atoms with Crippen molar-refractivity contribution in [1.82, 2.24) is 14.8 Å². The van der Waals surface area contributed by atoms with Crippen LogP contribution in [0, 0.1) is 0 Å². The van der Waals surface area contributed by atoms with Crippen LogP contribution in [0.5, 0.6) is 0 Å². The number of anilines is 1. The molecular formula is C15H22N4O. The van der Waals surface area contributed by atoms with Gasteiger partial charge in [0.1, 0.15) is 5.52 Å². The lowest BCUT2D eigenvalue weighted by Crippen LogP contribution is -2.57. The normalized spacial score (nSPS) is 20.6. The van der Waals surface area contributed by atoms with Crippen molar-refractivity contribution in [1.29, 1.82) is 0 Å². The Morgan fingerprint density at radius 2 is 2.15 bits per heavy atom. The summed E-state index contributed by atoms with van der Waals surface area (Å²) >= 11 is 0. The van der Waals surface area contributed by atoms with E-state index in [1.165, 1.54) is 0 Å². The summed E-state index contributed by atoms with van der Waals surface area (Å²) in [6.45, 7) is 8.43. The Labute approximate surface area is 119 Å². The molecule has 108 valence electrons. The Kier molecular flexibility index (Phi) is 3.18. The fourth-order valence-electron chi connectivity index (χ4n) is 2.73. The summed E-state index contributed by atoms with van der Waals surface area (Å²) in [6, 6.07) is 5.58. The molecule has 2 N–H and O–H groups in total. The number of nitrogens with zero attached hydrogens (tertiary/aromatic N) is 3. The molecule has 0 unspecified atom stereocenters. The number of nitrogens with two attached hydrogens (primary N) is 1. The molecule has 5 heteroatoms. The van der Waals surface area contributed by atoms with Gasteiger partial charge in [0.2, 0.25) is 5.89 Å². The highest BCUT2D eigenvalue weighted by atomic mass is 16.3. The lowest BCUT2D eigenvalue weighted by atomic mass is 10.00. The van der Waals surface area contributed by atoms with Gasteiger partial charge in [-0.2, -0.15) is 0 Å². The maximum absolute atomic E-state index is 5.80. The SMILES string of the molecule is CN1CCN(Cc2nc3cc(N)ccc3o2)CC1(C)C. The molecule has 2 aromatic rings. The number of benzene rings is 1. The fraction of sp³-hybridized carbons (Fsp3) is 0.533. The number of rotatable bonds is 2. The van der Waals surface area contributed by atoms with E-state index in [1.807, 2.05) is 18.2 Å². The van der Waals surface area contributed by atoms with Gasteiger partial charge >= 0.3 is 0 Å². The van der Waals surface area contributed by atoms with E-state index in [0.29, 0.717) is 0 Å². The minimum atomic E-state index is 0.189. The first kappa shape index (κ1) is 13.4. The largest absolute Gasteiger partial charge is 0.439 e. The van der Waals surface area contributed by atoms with Crippen molar-refractivity contribution in [2.45, 2.75) is 25.9 Å². The maximum atomic E-state index is 5.80. The molecule has 0 saturated carbocycles. The first-order valence-corrected chi connectivity index (χ1v) is 7.03. The van der Waals surface area contributed by atoms with Gasteiger partial charge < -0.3 is 10.2 Å². The highest BCUT2D eigenvalue weighted by molar-refractivity contribution is 5.76. The lowest BCUT2D eigenvalue weighted by molar-refractivity contribution is 0.0322. The molecule has 0 aliphatic carbocycles. The zero-order chi connectivity index (χ0) is 14.3. The molecule has 1 aliphatic rings. The van der Waals surface area contributed by atoms with Gasteiger partial charge in [-0.25, -0.2) is 4.98 Å². The number of piperazine rings is 1. The van der Waals surface area contributed by atoms with Crippen molar-refractivity contribution in [3.63, 3.8) is 0 Å². The van der Waals surface area contributed by atoms with Gasteiger partial charge in [-0.3, -0.25) is 9.80 Å². The van der Waals surface area contributed by atoms with Crippen LogP contribution in [-0.2, 0) is 6.54 Å². The van der Waals surface area contributed by atoms with Crippen LogP contribution >= 0.6 is 0 Å². The van der Waals surface area contributed by atoms with Gasteiger partial charge in [0.25, 0.3) is 0 Å². The van der Waals surface area contributed by atoms with Crippen LogP contribution in [0.15, 0.2) is 22.6 Å². The number of likely N-dealkylation sites (N-methyl/N-ethyl adjacent to an activating group) is 1. The summed E-state index contributed by atoms with van der Waals surface area (Å²) in [5.74, 6) is 0.769. The Balaban J connectivity index is 1.76. The predicted octanol–water partition coefficient (Wildman–Crippen LogP) is 1.94. The minimum Gasteiger partial charge on any atom is -0.439 e. The topological polar surface area (TPSA) is 58.5 Å². The number of aromatic nitrogens is 1. The van der Waals surface area contributed by atoms with E-state index in [4.69, 9.17) is 10.2 Å². The molecular weight excluding hydrogens is 252 g/mol. The van der Waals surface area contributed by atoms with Gasteiger partial charge in [-0.15, -0.1) is 0 Å². The van der Waals surface area contributed by atoms with E-state index in [9.17, 15) is 0 Å². The standard InChI is InChI=1S/C15H22N4O/c1-15(2)10-19(7-6-18(15)3)9-14-17-12-8-11(16)4-5-13(12)20-14/h4-5,8H,6-7,9-10,16H2,1-3H3. The van der Waals surface area contributed by atoms with E-state index in [-0.39, 0.29) is 5.54 Å². The van der Waals surface area contributed by atoms with E-state index < -0.39 is 0 Å². The van der Waals surface area contributed by atoms with Gasteiger partial charge in [-0.1, -0.05) is 0 Å². The van der Waals surface area contributed by atoms with Crippen LogP contribution in [0.1, 0.15) is 19.7 Å². The molecule has 1 saturated heterocycles. The number of hydrogen-bond acceptors (Lipinski definition) is 5. The molecule has 0 atom stereocenters. The molecule has 20 heavy (non-hydrogen) atoms. The van der Waals surface area contributed by atoms with Gasteiger partial charge in [0.05, 0.1) is 6.54 Å². The molecule has 0 amide bonds. The summed E-state index contributed by atoms with van der Waals surface area (Å²) in [5.41, 5.74) is 8.33. The zero-order valence-corrected chi connectivity index (χ0v) is 12.4. The monoisotopic (exact) mass is 274 g/mol. The van der Waals surface area contributed by atoms with Crippen LogP contribution < -0.4 is 5.73 Å². The van der Waals surface area contributed by atoms with Crippen LogP contribution in [0.2, 0.25) is 0 Å². The lowest BCUT2D eigenvalue weighted by Gasteiger charge is -2.45. The summed E-state index contributed by atoms with van der Waals surface area (Å²) in [5, 5.41) is 0. The van der Waals surface area contributed by atoms with Crippen LogP contribution in [0.4, 0.5) is 5.69 Å². The van der Waals surface area contributed by atoms with E-state index in [2.05, 4.69) is 35.7 Å². The van der Waals surface area contributed by atoms with Crippen molar-refractivity contribution in [3.05, 3.63) is 24.1 Å². The third-order valence-electron chi connectivity index (χ3n) is 4.21. The zero-order valence-electron chi connectivity index (χ0n) is 12.4. The summed E-state index contributed by atoms with van der Waals surface area (Å²) in [4.78, 5) is 9.33. The van der Waals surface area contributed by atoms with Crippen LogP contribution in [0.3, 0.4) is 0 Å². The molecule has 1 fully saturated rings. The third kappa shape index (κ3) is 2.51. The number of oxazole rings is 1. The highest BCUT2D eigenvalue weighted by Crippen LogP contribution is 2.22. The first-order valence-electron chi connectivity index (χ1n) is 7.03. The summed E-state index contributed by atoms with van der Waals surface area (Å²) in [6.07, 6.45) is 0. The van der Waals surface area contributed by atoms with Crippen LogP contribution in [-0.4, -0.2) is 47.0 Å². The van der Waals surface area contributed by atoms with Gasteiger partial charge in [0, 0.05) is 30.9 Å². The second-order valence-electron chi connectivity index (χ2n) is 6.28. The van der Waals surface area contributed by atoms with E-state index >= 15 is 0 Å². The average Bonchev–Trinajstić information content (AvgIpc) is 2.75. The molecule has 1 aliphatic heterocycles. The smallest absolute Gasteiger partial charge is 0.209 e. The highest BCUT2D eigenvalue weighted by Gasteiger charge is 2.31. The van der Waals surface area contributed by atoms with Crippen molar-refractivity contribution in [3.8, 4) is 0 Å². The number of hydrogen-bond donors (Lipinski definition) is 1. The maximum Gasteiger partial charge on any atom is 0.209 e. The molecule has 3 rings (SSSR count). The van der Waals surface area contributed by atoms with E-state index in [0.717, 1.165) is 48.9 Å². The van der Waals surface area contributed by atoms with Crippen molar-refractivity contribution >= 4 is 16.8 Å². The molecule has 1 aromatic carbocycles.